The van der Waals surface area contributed by atoms with Crippen LogP contribution in [0.15, 0.2) is 22.7 Å². The van der Waals surface area contributed by atoms with Crippen LogP contribution in [-0.2, 0) is 9.59 Å². The van der Waals surface area contributed by atoms with Gasteiger partial charge < -0.3 is 9.80 Å². The average molecular weight is 343 g/mol. The number of piperazine rings is 1. The van der Waals surface area contributed by atoms with Crippen LogP contribution in [0.3, 0.4) is 0 Å². The fourth-order valence-electron chi connectivity index (χ4n) is 2.52. The summed E-state index contributed by atoms with van der Waals surface area (Å²) in [6, 6.07) is 4.35. The van der Waals surface area contributed by atoms with Gasteiger partial charge in [0.15, 0.2) is 0 Å². The summed E-state index contributed by atoms with van der Waals surface area (Å²) in [5.74, 6) is -0.756. The van der Waals surface area contributed by atoms with E-state index in [0.29, 0.717) is 23.2 Å². The van der Waals surface area contributed by atoms with E-state index in [-0.39, 0.29) is 11.8 Å². The second-order valence-electron chi connectivity index (χ2n) is 5.31. The van der Waals surface area contributed by atoms with Gasteiger partial charge in [0.1, 0.15) is 11.4 Å². The van der Waals surface area contributed by atoms with Gasteiger partial charge in [0.05, 0.1) is 0 Å². The number of hydrogen-bond acceptors (Lipinski definition) is 2. The van der Waals surface area contributed by atoms with Crippen LogP contribution in [-0.4, -0.2) is 35.3 Å². The summed E-state index contributed by atoms with van der Waals surface area (Å²) < 4.78 is 14.1. The molecule has 2 amide bonds. The summed E-state index contributed by atoms with van der Waals surface area (Å²) in [4.78, 5) is 27.2. The van der Waals surface area contributed by atoms with E-state index in [1.807, 2.05) is 0 Å². The minimum atomic E-state index is -0.928. The first kappa shape index (κ1) is 15.0. The highest BCUT2D eigenvalue weighted by Crippen LogP contribution is 2.29. The molecule has 0 unspecified atom stereocenters. The lowest BCUT2D eigenvalue weighted by Gasteiger charge is -2.45. The number of benzene rings is 1. The third-order valence-electron chi connectivity index (χ3n) is 3.53. The fraction of sp³-hybridized carbons (Fsp3) is 0.429. The van der Waals surface area contributed by atoms with Crippen molar-refractivity contribution >= 4 is 33.4 Å². The van der Waals surface area contributed by atoms with E-state index < -0.39 is 11.4 Å². The summed E-state index contributed by atoms with van der Waals surface area (Å²) in [6.07, 6.45) is 0. The average Bonchev–Trinajstić information content (AvgIpc) is 2.30. The fourth-order valence-corrected chi connectivity index (χ4v) is 2.97. The molecule has 4 nitrogen and oxygen atoms in total. The van der Waals surface area contributed by atoms with Crippen LogP contribution < -0.4 is 4.90 Å². The lowest BCUT2D eigenvalue weighted by Crippen LogP contribution is -2.64. The first-order valence-electron chi connectivity index (χ1n) is 6.30. The molecular formula is C14H16BrFN2O2. The van der Waals surface area contributed by atoms with Gasteiger partial charge in [-0.05, 0) is 32.0 Å². The van der Waals surface area contributed by atoms with Gasteiger partial charge in [0.25, 0.3) is 5.91 Å². The van der Waals surface area contributed by atoms with Gasteiger partial charge in [-0.2, -0.15) is 0 Å². The van der Waals surface area contributed by atoms with Gasteiger partial charge in [0.2, 0.25) is 5.91 Å². The summed E-state index contributed by atoms with van der Waals surface area (Å²) in [7, 11) is 0. The molecule has 1 aromatic rings. The van der Waals surface area contributed by atoms with Crippen molar-refractivity contribution in [1.29, 1.82) is 0 Å². The summed E-state index contributed by atoms with van der Waals surface area (Å²) in [6.45, 7) is 5.65. The minimum Gasteiger partial charge on any atom is -0.327 e. The van der Waals surface area contributed by atoms with Gasteiger partial charge in [-0.15, -0.1) is 0 Å². The highest BCUT2D eigenvalue weighted by atomic mass is 79.9. The van der Waals surface area contributed by atoms with Crippen LogP contribution in [0.4, 0.5) is 10.1 Å². The summed E-state index contributed by atoms with van der Waals surface area (Å²) >= 11 is 3.22. The van der Waals surface area contributed by atoms with E-state index in [4.69, 9.17) is 0 Å². The molecule has 1 aliphatic heterocycles. The van der Waals surface area contributed by atoms with Crippen LogP contribution in [0.2, 0.25) is 0 Å². The molecule has 2 rings (SSSR count). The Kier molecular flexibility index (Phi) is 3.86. The zero-order chi connectivity index (χ0) is 15.1. The lowest BCUT2D eigenvalue weighted by atomic mass is 9.97. The zero-order valence-electron chi connectivity index (χ0n) is 11.6. The first-order valence-corrected chi connectivity index (χ1v) is 7.09. The van der Waals surface area contributed by atoms with Crippen molar-refractivity contribution in [1.82, 2.24) is 4.90 Å². The molecule has 108 valence electrons. The van der Waals surface area contributed by atoms with Crippen molar-refractivity contribution in [2.24, 2.45) is 0 Å². The topological polar surface area (TPSA) is 40.6 Å². The van der Waals surface area contributed by atoms with E-state index in [9.17, 15) is 14.0 Å². The highest BCUT2D eigenvalue weighted by molar-refractivity contribution is 9.10. The molecular weight excluding hydrogens is 327 g/mol. The number of carbonyl (C=O) groups excluding carboxylic acids is 2. The van der Waals surface area contributed by atoms with Crippen LogP contribution in [0, 0.1) is 5.82 Å². The molecule has 0 bridgehead atoms. The third-order valence-corrected chi connectivity index (χ3v) is 3.99. The summed E-state index contributed by atoms with van der Waals surface area (Å²) in [5, 5.41) is 0. The largest absolute Gasteiger partial charge is 0.327 e. The molecule has 1 fully saturated rings. The normalized spacial score (nSPS) is 18.4. The first-order chi connectivity index (χ1) is 9.23. The molecule has 0 radical (unpaired) electrons. The minimum absolute atomic E-state index is 0.136. The molecule has 6 heteroatoms. The number of anilines is 1. The molecule has 0 aromatic heterocycles. The van der Waals surface area contributed by atoms with E-state index in [0.717, 1.165) is 0 Å². The van der Waals surface area contributed by atoms with Gasteiger partial charge in [-0.3, -0.25) is 9.59 Å². The number of hydrogen-bond donors (Lipinski definition) is 0. The van der Waals surface area contributed by atoms with Crippen LogP contribution in [0.5, 0.6) is 0 Å². The third kappa shape index (κ3) is 2.57. The Labute approximate surface area is 125 Å². The predicted octanol–water partition coefficient (Wildman–Crippen LogP) is 2.56. The van der Waals surface area contributed by atoms with Crippen molar-refractivity contribution in [2.75, 3.05) is 18.0 Å². The number of amides is 2. The molecule has 0 saturated carbocycles. The smallest absolute Gasteiger partial charge is 0.252 e. The van der Waals surface area contributed by atoms with Crippen molar-refractivity contribution in [3.63, 3.8) is 0 Å². The Hall–Kier alpha value is -1.43. The molecule has 20 heavy (non-hydrogen) atoms. The molecule has 0 N–H and O–H groups in total. The highest BCUT2D eigenvalue weighted by Gasteiger charge is 2.43. The predicted molar refractivity (Wildman–Crippen MR) is 77.9 cm³/mol. The Morgan fingerprint density at radius 1 is 1.30 bits per heavy atom. The Bertz CT molecular complexity index is 554. The molecule has 1 saturated heterocycles. The quantitative estimate of drug-likeness (QED) is 0.786. The van der Waals surface area contributed by atoms with E-state index in [2.05, 4.69) is 15.9 Å². The van der Waals surface area contributed by atoms with Crippen molar-refractivity contribution in [3.8, 4) is 0 Å². The standard InChI is InChI=1S/C14H16BrFN2O2/c1-9(19)18-5-4-17(13(20)14(18,2)3)12-7-10(15)6-11(16)8-12/h6-8H,4-5H2,1-3H3. The van der Waals surface area contributed by atoms with Gasteiger partial charge in [-0.1, -0.05) is 15.9 Å². The number of carbonyl (C=O) groups is 2. The van der Waals surface area contributed by atoms with Crippen LogP contribution >= 0.6 is 15.9 Å². The van der Waals surface area contributed by atoms with Crippen molar-refractivity contribution in [2.45, 2.75) is 26.3 Å². The Morgan fingerprint density at radius 2 is 1.95 bits per heavy atom. The van der Waals surface area contributed by atoms with E-state index in [1.165, 1.54) is 24.0 Å². The molecule has 1 aromatic carbocycles. The SMILES string of the molecule is CC(=O)N1CCN(c2cc(F)cc(Br)c2)C(=O)C1(C)C. The van der Waals surface area contributed by atoms with Gasteiger partial charge in [0, 0.05) is 30.2 Å². The number of halogens is 2. The Morgan fingerprint density at radius 3 is 2.50 bits per heavy atom. The number of rotatable bonds is 1. The molecule has 0 spiro atoms. The monoisotopic (exact) mass is 342 g/mol. The molecule has 0 atom stereocenters. The maximum atomic E-state index is 13.5. The number of nitrogens with zero attached hydrogens (tertiary/aromatic N) is 2. The Balaban J connectivity index is 2.37. The zero-order valence-corrected chi connectivity index (χ0v) is 13.2. The van der Waals surface area contributed by atoms with Crippen molar-refractivity contribution in [3.05, 3.63) is 28.5 Å². The van der Waals surface area contributed by atoms with E-state index in [1.54, 1.807) is 24.8 Å². The second kappa shape index (κ2) is 5.16. The van der Waals surface area contributed by atoms with Gasteiger partial charge in [-0.25, -0.2) is 4.39 Å². The summed E-state index contributed by atoms with van der Waals surface area (Å²) in [5.41, 5.74) is -0.429. The van der Waals surface area contributed by atoms with Crippen LogP contribution in [0.25, 0.3) is 0 Å². The molecule has 0 aliphatic carbocycles. The second-order valence-corrected chi connectivity index (χ2v) is 6.23. The van der Waals surface area contributed by atoms with Crippen LogP contribution in [0.1, 0.15) is 20.8 Å². The maximum absolute atomic E-state index is 13.5. The maximum Gasteiger partial charge on any atom is 0.252 e. The molecule has 1 heterocycles. The van der Waals surface area contributed by atoms with E-state index >= 15 is 0 Å². The molecule has 1 aliphatic rings. The lowest BCUT2D eigenvalue weighted by molar-refractivity contribution is -0.145. The van der Waals surface area contributed by atoms with Crippen molar-refractivity contribution < 1.29 is 14.0 Å². The van der Waals surface area contributed by atoms with Gasteiger partial charge >= 0.3 is 0 Å².